The monoisotopic (exact) mass is 377 g/mol. The number of halogens is 2. The Hall–Kier alpha value is -2.84. The molecule has 0 aliphatic carbocycles. The maximum atomic E-state index is 14.1. The topological polar surface area (TPSA) is 85.1 Å². The van der Waals surface area contributed by atoms with Crippen molar-refractivity contribution < 1.29 is 14.1 Å². The number of ketones is 1. The number of benzene rings is 2. The Balaban J connectivity index is 1.86. The van der Waals surface area contributed by atoms with Crippen molar-refractivity contribution in [2.24, 2.45) is 0 Å². The molecule has 3 rings (SSSR count). The third-order valence-electron chi connectivity index (χ3n) is 3.26. The maximum Gasteiger partial charge on any atom is 0.306 e. The number of anilines is 2. The van der Waals surface area contributed by atoms with Crippen LogP contribution in [0.1, 0.15) is 15.2 Å². The van der Waals surface area contributed by atoms with E-state index in [0.717, 1.165) is 17.4 Å². The third-order valence-corrected chi connectivity index (χ3v) is 4.51. The SMILES string of the molecule is O=C(c1cnc(Nc2cccc([N+](=O)[O-])c2F)s1)c1ccccc1Cl. The number of carbonyl (C=O) groups is 1. The molecule has 9 heteroatoms. The van der Waals surface area contributed by atoms with Gasteiger partial charge < -0.3 is 5.32 Å². The largest absolute Gasteiger partial charge is 0.329 e. The predicted octanol–water partition coefficient (Wildman–Crippen LogP) is 4.82. The van der Waals surface area contributed by atoms with Gasteiger partial charge >= 0.3 is 5.69 Å². The fourth-order valence-corrected chi connectivity index (χ4v) is 3.09. The first-order valence-corrected chi connectivity index (χ1v) is 8.12. The average molecular weight is 378 g/mol. The van der Waals surface area contributed by atoms with Gasteiger partial charge in [-0.25, -0.2) is 4.98 Å². The van der Waals surface area contributed by atoms with Gasteiger partial charge in [-0.05, 0) is 18.2 Å². The van der Waals surface area contributed by atoms with E-state index in [1.807, 2.05) is 0 Å². The number of aromatic nitrogens is 1. The first-order valence-electron chi connectivity index (χ1n) is 6.92. The second-order valence-corrected chi connectivity index (χ2v) is 6.30. The Morgan fingerprint density at radius 2 is 2.00 bits per heavy atom. The van der Waals surface area contributed by atoms with Crippen LogP contribution in [0, 0.1) is 15.9 Å². The van der Waals surface area contributed by atoms with Gasteiger partial charge in [0.15, 0.2) is 5.13 Å². The summed E-state index contributed by atoms with van der Waals surface area (Å²) >= 11 is 7.00. The smallest absolute Gasteiger partial charge is 0.306 e. The normalized spacial score (nSPS) is 10.5. The second-order valence-electron chi connectivity index (χ2n) is 4.86. The van der Waals surface area contributed by atoms with Gasteiger partial charge in [0.2, 0.25) is 11.6 Å². The van der Waals surface area contributed by atoms with Gasteiger partial charge in [0.1, 0.15) is 0 Å². The lowest BCUT2D eigenvalue weighted by Gasteiger charge is -2.04. The molecule has 0 saturated heterocycles. The molecule has 0 radical (unpaired) electrons. The predicted molar refractivity (Wildman–Crippen MR) is 93.3 cm³/mol. The molecule has 2 aromatic carbocycles. The molecule has 0 bridgehead atoms. The van der Waals surface area contributed by atoms with Crippen molar-refractivity contribution >= 4 is 45.2 Å². The van der Waals surface area contributed by atoms with Crippen molar-refractivity contribution in [3.05, 3.63) is 80.1 Å². The highest BCUT2D eigenvalue weighted by atomic mass is 35.5. The van der Waals surface area contributed by atoms with Crippen LogP contribution in [0.4, 0.5) is 20.9 Å². The highest BCUT2D eigenvalue weighted by Gasteiger charge is 2.19. The van der Waals surface area contributed by atoms with Crippen LogP contribution in [0.2, 0.25) is 5.02 Å². The minimum absolute atomic E-state index is 0.0970. The molecular formula is C16H9ClFN3O3S. The van der Waals surface area contributed by atoms with E-state index in [2.05, 4.69) is 10.3 Å². The van der Waals surface area contributed by atoms with Crippen LogP contribution in [-0.4, -0.2) is 15.7 Å². The number of nitrogens with one attached hydrogen (secondary N) is 1. The van der Waals surface area contributed by atoms with Crippen molar-refractivity contribution in [2.75, 3.05) is 5.32 Å². The molecule has 0 atom stereocenters. The summed E-state index contributed by atoms with van der Waals surface area (Å²) in [6, 6.07) is 10.4. The number of thiazole rings is 1. The molecule has 126 valence electrons. The van der Waals surface area contributed by atoms with Crippen molar-refractivity contribution in [3.8, 4) is 0 Å². The molecule has 0 unspecified atom stereocenters. The minimum Gasteiger partial charge on any atom is -0.329 e. The summed E-state index contributed by atoms with van der Waals surface area (Å²) in [6.45, 7) is 0. The number of hydrogen-bond donors (Lipinski definition) is 1. The van der Waals surface area contributed by atoms with E-state index in [0.29, 0.717) is 15.5 Å². The maximum absolute atomic E-state index is 14.1. The van der Waals surface area contributed by atoms with E-state index in [-0.39, 0.29) is 16.6 Å². The average Bonchev–Trinajstić information content (AvgIpc) is 3.05. The number of nitro benzene ring substituents is 1. The van der Waals surface area contributed by atoms with Crippen molar-refractivity contribution in [3.63, 3.8) is 0 Å². The zero-order chi connectivity index (χ0) is 18.0. The summed E-state index contributed by atoms with van der Waals surface area (Å²) in [6.07, 6.45) is 1.34. The van der Waals surface area contributed by atoms with Crippen molar-refractivity contribution in [1.82, 2.24) is 4.98 Å². The number of nitrogens with zero attached hydrogens (tertiary/aromatic N) is 2. The zero-order valence-electron chi connectivity index (χ0n) is 12.4. The summed E-state index contributed by atoms with van der Waals surface area (Å²) in [4.78, 5) is 26.7. The van der Waals surface area contributed by atoms with Gasteiger partial charge in [-0.15, -0.1) is 0 Å². The van der Waals surface area contributed by atoms with E-state index in [4.69, 9.17) is 11.6 Å². The summed E-state index contributed by atoms with van der Waals surface area (Å²) in [5.41, 5.74) is -0.407. The molecule has 0 spiro atoms. The van der Waals surface area contributed by atoms with Gasteiger partial charge in [0.05, 0.1) is 26.7 Å². The van der Waals surface area contributed by atoms with Crippen LogP contribution in [0.25, 0.3) is 0 Å². The molecule has 25 heavy (non-hydrogen) atoms. The molecular weight excluding hydrogens is 369 g/mol. The van der Waals surface area contributed by atoms with Crippen LogP contribution in [0.3, 0.4) is 0 Å². The van der Waals surface area contributed by atoms with E-state index in [9.17, 15) is 19.3 Å². The highest BCUT2D eigenvalue weighted by molar-refractivity contribution is 7.17. The zero-order valence-corrected chi connectivity index (χ0v) is 14.0. The number of carbonyl (C=O) groups excluding carboxylic acids is 1. The summed E-state index contributed by atoms with van der Waals surface area (Å²) in [5.74, 6) is -1.31. The summed E-state index contributed by atoms with van der Waals surface area (Å²) in [5, 5.41) is 14.0. The number of nitro groups is 1. The Morgan fingerprint density at radius 3 is 2.72 bits per heavy atom. The fraction of sp³-hybridized carbons (Fsp3) is 0. The molecule has 1 heterocycles. The van der Waals surface area contributed by atoms with Gasteiger partial charge in [-0.2, -0.15) is 4.39 Å². The van der Waals surface area contributed by atoms with E-state index >= 15 is 0 Å². The van der Waals surface area contributed by atoms with Gasteiger partial charge in [-0.1, -0.05) is 41.1 Å². The Morgan fingerprint density at radius 1 is 1.24 bits per heavy atom. The van der Waals surface area contributed by atoms with Gasteiger partial charge in [0, 0.05) is 11.6 Å². The van der Waals surface area contributed by atoms with Crippen molar-refractivity contribution in [2.45, 2.75) is 0 Å². The lowest BCUT2D eigenvalue weighted by molar-refractivity contribution is -0.387. The van der Waals surface area contributed by atoms with Gasteiger partial charge in [0.25, 0.3) is 0 Å². The third kappa shape index (κ3) is 3.49. The minimum atomic E-state index is -0.998. The molecule has 1 N–H and O–H groups in total. The summed E-state index contributed by atoms with van der Waals surface area (Å²) < 4.78 is 14.1. The molecule has 0 aliphatic rings. The van der Waals surface area contributed by atoms with Crippen LogP contribution in [-0.2, 0) is 0 Å². The molecule has 0 aliphatic heterocycles. The molecule has 1 aromatic heterocycles. The molecule has 0 amide bonds. The number of hydrogen-bond acceptors (Lipinski definition) is 6. The van der Waals surface area contributed by atoms with E-state index in [1.54, 1.807) is 24.3 Å². The summed E-state index contributed by atoms with van der Waals surface area (Å²) in [7, 11) is 0. The van der Waals surface area contributed by atoms with E-state index in [1.165, 1.54) is 18.3 Å². The number of rotatable bonds is 5. The van der Waals surface area contributed by atoms with Crippen LogP contribution in [0.5, 0.6) is 0 Å². The molecule has 0 fully saturated rings. The van der Waals surface area contributed by atoms with Crippen LogP contribution in [0.15, 0.2) is 48.7 Å². The van der Waals surface area contributed by atoms with Crippen LogP contribution < -0.4 is 5.32 Å². The fourth-order valence-electron chi connectivity index (χ4n) is 2.09. The first kappa shape index (κ1) is 17.0. The lowest BCUT2D eigenvalue weighted by Crippen LogP contribution is -1.99. The molecule has 0 saturated carbocycles. The first-order chi connectivity index (χ1) is 12.0. The lowest BCUT2D eigenvalue weighted by atomic mass is 10.1. The molecule has 3 aromatic rings. The Kier molecular flexibility index (Phi) is 4.73. The van der Waals surface area contributed by atoms with Gasteiger partial charge in [-0.3, -0.25) is 14.9 Å². The van der Waals surface area contributed by atoms with Crippen LogP contribution >= 0.6 is 22.9 Å². The Bertz CT molecular complexity index is 977. The van der Waals surface area contributed by atoms with Crippen molar-refractivity contribution in [1.29, 1.82) is 0 Å². The van der Waals surface area contributed by atoms with E-state index < -0.39 is 16.4 Å². The second kappa shape index (κ2) is 6.96. The Labute approximate surface area is 150 Å². The quantitative estimate of drug-likeness (QED) is 0.391. The standard InChI is InChI=1S/C16H9ClFN3O3S/c17-10-5-2-1-4-9(10)15(22)13-8-19-16(25-13)20-11-6-3-7-12(14(11)18)21(23)24/h1-8H,(H,19,20). The highest BCUT2D eigenvalue weighted by Crippen LogP contribution is 2.30. The molecule has 6 nitrogen and oxygen atoms in total.